The van der Waals surface area contributed by atoms with E-state index in [1.54, 1.807) is 0 Å². The minimum absolute atomic E-state index is 0.499. The smallest absolute Gasteiger partial charge is 0.0469 e. The lowest BCUT2D eigenvalue weighted by Crippen LogP contribution is -2.43. The van der Waals surface area contributed by atoms with E-state index >= 15 is 0 Å². The standard InChI is InChI=1S/C13H25NOS/c1-11(12-4-7-15-8-5-12)14-10-13(2)6-3-9-16-13/h11-12,14H,3-10H2,1-2H3. The average Bonchev–Trinajstić information content (AvgIpc) is 2.75. The van der Waals surface area contributed by atoms with Crippen molar-refractivity contribution in [2.24, 2.45) is 5.92 Å². The summed E-state index contributed by atoms with van der Waals surface area (Å²) in [6.07, 6.45) is 5.25. The molecule has 0 spiro atoms. The van der Waals surface area contributed by atoms with Gasteiger partial charge in [0.05, 0.1) is 0 Å². The van der Waals surface area contributed by atoms with E-state index in [-0.39, 0.29) is 0 Å². The first-order valence-electron chi connectivity index (χ1n) is 6.65. The van der Waals surface area contributed by atoms with E-state index in [4.69, 9.17) is 4.74 Å². The van der Waals surface area contributed by atoms with Crippen molar-refractivity contribution in [1.29, 1.82) is 0 Å². The molecule has 0 amide bonds. The molecule has 2 aliphatic rings. The molecule has 2 rings (SSSR count). The Balaban J connectivity index is 1.71. The highest BCUT2D eigenvalue weighted by Crippen LogP contribution is 2.37. The van der Waals surface area contributed by atoms with Crippen LogP contribution in [0, 0.1) is 5.92 Å². The normalized spacial score (nSPS) is 34.1. The summed E-state index contributed by atoms with van der Waals surface area (Å²) in [6, 6.07) is 0.655. The predicted molar refractivity (Wildman–Crippen MR) is 71.1 cm³/mol. The van der Waals surface area contributed by atoms with Crippen LogP contribution in [0.25, 0.3) is 0 Å². The quantitative estimate of drug-likeness (QED) is 0.820. The third kappa shape index (κ3) is 3.38. The van der Waals surface area contributed by atoms with Crippen LogP contribution in [0.1, 0.15) is 39.5 Å². The molecule has 94 valence electrons. The lowest BCUT2D eigenvalue weighted by molar-refractivity contribution is 0.0557. The van der Waals surface area contributed by atoms with E-state index in [2.05, 4.69) is 30.9 Å². The highest BCUT2D eigenvalue weighted by molar-refractivity contribution is 8.00. The zero-order valence-corrected chi connectivity index (χ0v) is 11.4. The van der Waals surface area contributed by atoms with Crippen LogP contribution in [0.5, 0.6) is 0 Å². The van der Waals surface area contributed by atoms with Gasteiger partial charge < -0.3 is 10.1 Å². The molecule has 0 saturated carbocycles. The predicted octanol–water partition coefficient (Wildman–Crippen LogP) is 2.68. The lowest BCUT2D eigenvalue weighted by atomic mass is 9.92. The second kappa shape index (κ2) is 5.74. The first kappa shape index (κ1) is 12.7. The zero-order valence-electron chi connectivity index (χ0n) is 10.6. The number of hydrogen-bond acceptors (Lipinski definition) is 3. The Morgan fingerprint density at radius 1 is 1.44 bits per heavy atom. The van der Waals surface area contributed by atoms with E-state index < -0.39 is 0 Å². The summed E-state index contributed by atoms with van der Waals surface area (Å²) in [4.78, 5) is 0. The zero-order chi connectivity index (χ0) is 11.4. The molecule has 2 fully saturated rings. The summed E-state index contributed by atoms with van der Waals surface area (Å²) < 4.78 is 5.92. The summed E-state index contributed by atoms with van der Waals surface area (Å²) >= 11 is 2.15. The number of hydrogen-bond donors (Lipinski definition) is 1. The number of ether oxygens (including phenoxy) is 1. The lowest BCUT2D eigenvalue weighted by Gasteiger charge is -2.31. The molecular formula is C13H25NOS. The Hall–Kier alpha value is 0.270. The van der Waals surface area contributed by atoms with E-state index in [0.29, 0.717) is 10.8 Å². The molecule has 2 aliphatic heterocycles. The van der Waals surface area contributed by atoms with Gasteiger partial charge in [-0.25, -0.2) is 0 Å². The monoisotopic (exact) mass is 243 g/mol. The molecule has 0 aliphatic carbocycles. The molecule has 2 heterocycles. The van der Waals surface area contributed by atoms with Gasteiger partial charge in [0, 0.05) is 30.5 Å². The summed E-state index contributed by atoms with van der Waals surface area (Å²) in [6.45, 7) is 7.86. The summed E-state index contributed by atoms with van der Waals surface area (Å²) in [5, 5.41) is 3.76. The molecule has 0 radical (unpaired) electrons. The van der Waals surface area contributed by atoms with E-state index in [1.807, 2.05) is 0 Å². The van der Waals surface area contributed by atoms with Gasteiger partial charge in [0.15, 0.2) is 0 Å². The molecule has 0 aromatic rings. The first-order chi connectivity index (χ1) is 7.70. The van der Waals surface area contributed by atoms with E-state index in [9.17, 15) is 0 Å². The molecule has 3 heteroatoms. The van der Waals surface area contributed by atoms with Crippen molar-refractivity contribution in [1.82, 2.24) is 5.32 Å². The van der Waals surface area contributed by atoms with Crippen molar-refractivity contribution in [2.75, 3.05) is 25.5 Å². The molecule has 1 N–H and O–H groups in total. The molecule has 2 saturated heterocycles. The van der Waals surface area contributed by atoms with Gasteiger partial charge in [0.2, 0.25) is 0 Å². The Morgan fingerprint density at radius 2 is 2.19 bits per heavy atom. The van der Waals surface area contributed by atoms with Crippen molar-refractivity contribution in [2.45, 2.75) is 50.3 Å². The van der Waals surface area contributed by atoms with Gasteiger partial charge in [-0.1, -0.05) is 0 Å². The molecule has 2 nitrogen and oxygen atoms in total. The Morgan fingerprint density at radius 3 is 2.81 bits per heavy atom. The average molecular weight is 243 g/mol. The SMILES string of the molecule is CC(NCC1(C)CCCS1)C1CCOCC1. The highest BCUT2D eigenvalue weighted by atomic mass is 32.2. The van der Waals surface area contributed by atoms with Crippen LogP contribution in [0.2, 0.25) is 0 Å². The molecule has 0 aromatic carbocycles. The fourth-order valence-corrected chi connectivity index (χ4v) is 3.99. The van der Waals surface area contributed by atoms with E-state index in [1.165, 1.54) is 38.0 Å². The summed E-state index contributed by atoms with van der Waals surface area (Å²) in [7, 11) is 0. The Bertz CT molecular complexity index is 210. The second-order valence-electron chi connectivity index (χ2n) is 5.52. The number of rotatable bonds is 4. The van der Waals surface area contributed by atoms with E-state index in [0.717, 1.165) is 19.1 Å². The maximum atomic E-state index is 5.42. The second-order valence-corrected chi connectivity index (χ2v) is 7.20. The van der Waals surface area contributed by atoms with Crippen LogP contribution >= 0.6 is 11.8 Å². The van der Waals surface area contributed by atoms with Gasteiger partial charge >= 0.3 is 0 Å². The van der Waals surface area contributed by atoms with Crippen LogP contribution in [0.4, 0.5) is 0 Å². The fourth-order valence-electron chi connectivity index (χ4n) is 2.74. The van der Waals surface area contributed by atoms with Gasteiger partial charge in [-0.3, -0.25) is 0 Å². The van der Waals surface area contributed by atoms with Crippen molar-refractivity contribution < 1.29 is 4.74 Å². The minimum atomic E-state index is 0.499. The van der Waals surface area contributed by atoms with Crippen molar-refractivity contribution >= 4 is 11.8 Å². The molecule has 16 heavy (non-hydrogen) atoms. The molecule has 0 bridgehead atoms. The van der Waals surface area contributed by atoms with Gasteiger partial charge in [0.25, 0.3) is 0 Å². The molecule has 0 aromatic heterocycles. The maximum absolute atomic E-state index is 5.42. The first-order valence-corrected chi connectivity index (χ1v) is 7.63. The van der Waals surface area contributed by atoms with Gasteiger partial charge in [-0.05, 0) is 51.2 Å². The fraction of sp³-hybridized carbons (Fsp3) is 1.00. The topological polar surface area (TPSA) is 21.3 Å². The van der Waals surface area contributed by atoms with Crippen molar-refractivity contribution in [3.8, 4) is 0 Å². The Kier molecular flexibility index (Phi) is 4.57. The van der Waals surface area contributed by atoms with Crippen molar-refractivity contribution in [3.63, 3.8) is 0 Å². The Labute approximate surface area is 104 Å². The largest absolute Gasteiger partial charge is 0.381 e. The van der Waals surface area contributed by atoms with Crippen LogP contribution in [0.15, 0.2) is 0 Å². The van der Waals surface area contributed by atoms with Crippen LogP contribution in [-0.4, -0.2) is 36.3 Å². The van der Waals surface area contributed by atoms with Crippen molar-refractivity contribution in [3.05, 3.63) is 0 Å². The number of thioether (sulfide) groups is 1. The maximum Gasteiger partial charge on any atom is 0.0469 e. The van der Waals surface area contributed by atoms with Gasteiger partial charge in [-0.15, -0.1) is 0 Å². The molecular weight excluding hydrogens is 218 g/mol. The summed E-state index contributed by atoms with van der Waals surface area (Å²) in [5.74, 6) is 2.17. The minimum Gasteiger partial charge on any atom is -0.381 e. The highest BCUT2D eigenvalue weighted by Gasteiger charge is 2.30. The summed E-state index contributed by atoms with van der Waals surface area (Å²) in [5.41, 5.74) is 0. The van der Waals surface area contributed by atoms with Gasteiger partial charge in [-0.2, -0.15) is 11.8 Å². The number of nitrogens with one attached hydrogen (secondary N) is 1. The van der Waals surface area contributed by atoms with Crippen LogP contribution in [0.3, 0.4) is 0 Å². The third-order valence-electron chi connectivity index (χ3n) is 4.07. The van der Waals surface area contributed by atoms with Gasteiger partial charge in [0.1, 0.15) is 0 Å². The van der Waals surface area contributed by atoms with Crippen LogP contribution < -0.4 is 5.32 Å². The third-order valence-corrected chi connectivity index (χ3v) is 5.61. The van der Waals surface area contributed by atoms with Crippen LogP contribution in [-0.2, 0) is 4.74 Å². The molecule has 2 unspecified atom stereocenters. The molecule has 2 atom stereocenters.